The third-order valence-corrected chi connectivity index (χ3v) is 4.08. The maximum atomic E-state index is 6.10. The van der Waals surface area contributed by atoms with Crippen LogP contribution in [0.3, 0.4) is 0 Å². The lowest BCUT2D eigenvalue weighted by atomic mass is 10.2. The van der Waals surface area contributed by atoms with Crippen LogP contribution in [-0.2, 0) is 0 Å². The van der Waals surface area contributed by atoms with Crippen molar-refractivity contribution >= 4 is 23.4 Å². The fraction of sp³-hybridized carbons (Fsp3) is 0.385. The number of benzene rings is 1. The van der Waals surface area contributed by atoms with E-state index in [1.165, 1.54) is 0 Å². The van der Waals surface area contributed by atoms with Gasteiger partial charge in [-0.15, -0.1) is 18.3 Å². The van der Waals surface area contributed by atoms with E-state index >= 15 is 0 Å². The van der Waals surface area contributed by atoms with E-state index in [0.29, 0.717) is 6.04 Å². The number of thioether (sulfide) groups is 1. The van der Waals surface area contributed by atoms with Gasteiger partial charge in [-0.2, -0.15) is 0 Å². The molecule has 0 aliphatic rings. The summed E-state index contributed by atoms with van der Waals surface area (Å²) in [4.78, 5) is 1.16. The molecule has 0 fully saturated rings. The summed E-state index contributed by atoms with van der Waals surface area (Å²) in [7, 11) is 2.00. The highest BCUT2D eigenvalue weighted by molar-refractivity contribution is 7.99. The molecule has 0 amide bonds. The topological polar surface area (TPSA) is 12.0 Å². The van der Waals surface area contributed by atoms with Crippen LogP contribution in [0.1, 0.15) is 12.8 Å². The number of allylic oxidation sites excluding steroid dienone is 1. The lowest BCUT2D eigenvalue weighted by Crippen LogP contribution is -2.27. The van der Waals surface area contributed by atoms with Gasteiger partial charge in [-0.25, -0.2) is 0 Å². The van der Waals surface area contributed by atoms with Crippen LogP contribution in [0.5, 0.6) is 0 Å². The first-order chi connectivity index (χ1) is 7.77. The molecule has 1 atom stereocenters. The molecule has 0 spiro atoms. The maximum absolute atomic E-state index is 6.10. The Labute approximate surface area is 107 Å². The fourth-order valence-corrected chi connectivity index (χ4v) is 2.78. The van der Waals surface area contributed by atoms with Gasteiger partial charge in [0, 0.05) is 16.7 Å². The van der Waals surface area contributed by atoms with Gasteiger partial charge in [-0.3, -0.25) is 0 Å². The van der Waals surface area contributed by atoms with Gasteiger partial charge in [0.15, 0.2) is 0 Å². The van der Waals surface area contributed by atoms with Crippen molar-refractivity contribution in [2.45, 2.75) is 23.8 Å². The molecule has 0 saturated carbocycles. The Bertz CT molecular complexity index is 327. The van der Waals surface area contributed by atoms with Gasteiger partial charge in [-0.05, 0) is 32.0 Å². The number of nitrogens with one attached hydrogen (secondary N) is 1. The number of hydrogen-bond donors (Lipinski definition) is 1. The van der Waals surface area contributed by atoms with Gasteiger partial charge in [0.25, 0.3) is 0 Å². The predicted octanol–water partition coefficient (Wildman–Crippen LogP) is 3.99. The van der Waals surface area contributed by atoms with Gasteiger partial charge >= 0.3 is 0 Å². The molecule has 0 aromatic heterocycles. The zero-order valence-electron chi connectivity index (χ0n) is 9.58. The van der Waals surface area contributed by atoms with Crippen LogP contribution in [0.25, 0.3) is 0 Å². The molecule has 1 aromatic carbocycles. The molecule has 0 heterocycles. The average molecular weight is 256 g/mol. The van der Waals surface area contributed by atoms with Crippen LogP contribution >= 0.6 is 23.4 Å². The lowest BCUT2D eigenvalue weighted by molar-refractivity contribution is 0.579. The molecular formula is C13H18ClNS. The number of rotatable bonds is 7. The van der Waals surface area contributed by atoms with Crippen molar-refractivity contribution in [3.63, 3.8) is 0 Å². The molecule has 1 rings (SSSR count). The van der Waals surface area contributed by atoms with Gasteiger partial charge in [0.05, 0.1) is 5.02 Å². The quantitative estimate of drug-likeness (QED) is 0.584. The minimum atomic E-state index is 0.513. The summed E-state index contributed by atoms with van der Waals surface area (Å²) in [5, 5.41) is 4.15. The predicted molar refractivity (Wildman–Crippen MR) is 74.5 cm³/mol. The molecule has 0 aliphatic carbocycles. The molecule has 88 valence electrons. The van der Waals surface area contributed by atoms with Crippen molar-refractivity contribution in [3.05, 3.63) is 41.9 Å². The molecule has 3 heteroatoms. The van der Waals surface area contributed by atoms with Crippen molar-refractivity contribution < 1.29 is 0 Å². The van der Waals surface area contributed by atoms with Crippen molar-refractivity contribution in [2.75, 3.05) is 12.8 Å². The molecule has 16 heavy (non-hydrogen) atoms. The second-order valence-electron chi connectivity index (χ2n) is 3.59. The Morgan fingerprint density at radius 1 is 1.50 bits per heavy atom. The molecule has 0 saturated heterocycles. The van der Waals surface area contributed by atoms with E-state index in [9.17, 15) is 0 Å². The summed E-state index contributed by atoms with van der Waals surface area (Å²) in [5.74, 6) is 1.04. The molecule has 1 aromatic rings. The van der Waals surface area contributed by atoms with E-state index in [1.54, 1.807) is 11.8 Å². The first-order valence-electron chi connectivity index (χ1n) is 5.43. The monoisotopic (exact) mass is 255 g/mol. The average Bonchev–Trinajstić information content (AvgIpc) is 2.31. The molecule has 0 radical (unpaired) electrons. The van der Waals surface area contributed by atoms with Crippen molar-refractivity contribution in [2.24, 2.45) is 0 Å². The Balaban J connectivity index is 2.43. The highest BCUT2D eigenvalue weighted by Crippen LogP contribution is 2.27. The zero-order valence-corrected chi connectivity index (χ0v) is 11.2. The van der Waals surface area contributed by atoms with E-state index in [1.807, 2.05) is 31.3 Å². The van der Waals surface area contributed by atoms with E-state index in [2.05, 4.69) is 18.0 Å². The summed E-state index contributed by atoms with van der Waals surface area (Å²) in [6, 6.07) is 8.49. The molecule has 0 aliphatic heterocycles. The Hall–Kier alpha value is -0.440. The highest BCUT2D eigenvalue weighted by atomic mass is 35.5. The van der Waals surface area contributed by atoms with Crippen LogP contribution in [0, 0.1) is 0 Å². The summed E-state index contributed by atoms with van der Waals surface area (Å²) in [5.41, 5.74) is 0. The maximum Gasteiger partial charge on any atom is 0.0541 e. The van der Waals surface area contributed by atoms with Crippen molar-refractivity contribution in [1.29, 1.82) is 0 Å². The Morgan fingerprint density at radius 3 is 2.88 bits per heavy atom. The van der Waals surface area contributed by atoms with Gasteiger partial charge in [-0.1, -0.05) is 29.8 Å². The van der Waals surface area contributed by atoms with Crippen molar-refractivity contribution in [3.8, 4) is 0 Å². The fourth-order valence-electron chi connectivity index (χ4n) is 1.38. The number of hydrogen-bond acceptors (Lipinski definition) is 2. The third-order valence-electron chi connectivity index (χ3n) is 2.40. The second kappa shape index (κ2) is 7.77. The van der Waals surface area contributed by atoms with E-state index < -0.39 is 0 Å². The third kappa shape index (κ3) is 4.60. The van der Waals surface area contributed by atoms with Gasteiger partial charge < -0.3 is 5.32 Å². The normalized spacial score (nSPS) is 12.4. The SMILES string of the molecule is C=CCCC(CSc1ccccc1Cl)NC. The molecular weight excluding hydrogens is 238 g/mol. The minimum Gasteiger partial charge on any atom is -0.316 e. The molecule has 1 unspecified atom stereocenters. The Morgan fingerprint density at radius 2 is 2.25 bits per heavy atom. The summed E-state index contributed by atoms with van der Waals surface area (Å²) in [6.07, 6.45) is 4.14. The highest BCUT2D eigenvalue weighted by Gasteiger charge is 2.07. The molecule has 1 nitrogen and oxygen atoms in total. The smallest absolute Gasteiger partial charge is 0.0541 e. The zero-order chi connectivity index (χ0) is 11.8. The van der Waals surface area contributed by atoms with Crippen LogP contribution in [0.15, 0.2) is 41.8 Å². The van der Waals surface area contributed by atoms with E-state index in [4.69, 9.17) is 11.6 Å². The largest absolute Gasteiger partial charge is 0.316 e. The lowest BCUT2D eigenvalue weighted by Gasteiger charge is -2.15. The first kappa shape index (κ1) is 13.6. The van der Waals surface area contributed by atoms with Gasteiger partial charge in [0.2, 0.25) is 0 Å². The summed E-state index contributed by atoms with van der Waals surface area (Å²) >= 11 is 7.90. The number of halogens is 1. The van der Waals surface area contributed by atoms with Crippen molar-refractivity contribution in [1.82, 2.24) is 5.32 Å². The second-order valence-corrected chi connectivity index (χ2v) is 5.06. The molecule has 0 bridgehead atoms. The summed E-state index contributed by atoms with van der Waals surface area (Å²) in [6.45, 7) is 3.74. The van der Waals surface area contributed by atoms with Crippen LogP contribution < -0.4 is 5.32 Å². The van der Waals surface area contributed by atoms with Crippen LogP contribution in [-0.4, -0.2) is 18.8 Å². The van der Waals surface area contributed by atoms with Crippen LogP contribution in [0.4, 0.5) is 0 Å². The molecule has 1 N–H and O–H groups in total. The van der Waals surface area contributed by atoms with E-state index in [-0.39, 0.29) is 0 Å². The summed E-state index contributed by atoms with van der Waals surface area (Å²) < 4.78 is 0. The first-order valence-corrected chi connectivity index (χ1v) is 6.79. The standard InChI is InChI=1S/C13H18ClNS/c1-3-4-7-11(15-2)10-16-13-9-6-5-8-12(13)14/h3,5-6,8-9,11,15H,1,4,7,10H2,2H3. The van der Waals surface area contributed by atoms with E-state index in [0.717, 1.165) is 28.5 Å². The minimum absolute atomic E-state index is 0.513. The van der Waals surface area contributed by atoms with Gasteiger partial charge in [0.1, 0.15) is 0 Å². The van der Waals surface area contributed by atoms with Crippen LogP contribution in [0.2, 0.25) is 5.02 Å². The Kier molecular flexibility index (Phi) is 6.62.